The molecule has 0 aliphatic carbocycles. The van der Waals surface area contributed by atoms with Crippen molar-refractivity contribution < 1.29 is 33.6 Å². The first kappa shape index (κ1) is 31.1. The number of anilines is 1. The van der Waals surface area contributed by atoms with Crippen molar-refractivity contribution in [1.29, 1.82) is 0 Å². The number of carbonyl (C=O) groups is 2. The van der Waals surface area contributed by atoms with E-state index >= 15 is 0 Å². The van der Waals surface area contributed by atoms with Gasteiger partial charge in [-0.2, -0.15) is 0 Å². The number of carboxylic acid groups (broad SMARTS) is 1. The smallest absolute Gasteiger partial charge is 0.469 e. The van der Waals surface area contributed by atoms with Gasteiger partial charge in [-0.3, -0.25) is 19.6 Å². The van der Waals surface area contributed by atoms with Gasteiger partial charge in [0, 0.05) is 42.8 Å². The third-order valence-corrected chi connectivity index (χ3v) is 7.77. The van der Waals surface area contributed by atoms with Crippen molar-refractivity contribution in [2.75, 3.05) is 25.0 Å². The first-order valence-corrected chi connectivity index (χ1v) is 15.1. The summed E-state index contributed by atoms with van der Waals surface area (Å²) in [6, 6.07) is 7.82. The fourth-order valence-corrected chi connectivity index (χ4v) is 5.52. The van der Waals surface area contributed by atoms with Gasteiger partial charge in [0.05, 0.1) is 27.9 Å². The number of amides is 2. The van der Waals surface area contributed by atoms with Crippen molar-refractivity contribution in [2.24, 2.45) is 0 Å². The normalized spacial score (nSPS) is 12.7. The summed E-state index contributed by atoms with van der Waals surface area (Å²) >= 11 is 1.33. The van der Waals surface area contributed by atoms with E-state index in [0.29, 0.717) is 28.5 Å². The van der Waals surface area contributed by atoms with Gasteiger partial charge in [0.15, 0.2) is 5.13 Å². The lowest BCUT2D eigenvalue weighted by atomic mass is 9.83. The highest BCUT2D eigenvalue weighted by Gasteiger charge is 2.39. The first-order chi connectivity index (χ1) is 19.9. The Balaban J connectivity index is 1.65. The molecule has 0 radical (unpaired) electrons. The molecule has 16 heteroatoms. The van der Waals surface area contributed by atoms with E-state index in [4.69, 9.17) is 9.79 Å². The van der Waals surface area contributed by atoms with Crippen molar-refractivity contribution >= 4 is 46.5 Å². The summed E-state index contributed by atoms with van der Waals surface area (Å²) in [7, 11) is -4.67. The predicted octanol–water partition coefficient (Wildman–Crippen LogP) is 3.39. The molecular weight excluding hydrogens is 585 g/mol. The zero-order chi connectivity index (χ0) is 30.5. The SMILES string of the molecule is CCNC(=O)Nc1nc2cc(-c3cnc(C(C)(C)C(NCCOP(=O)(O)O)C(=O)O)nc3)cc(-c3ccccn3)c2s1. The van der Waals surface area contributed by atoms with Gasteiger partial charge in [0.25, 0.3) is 0 Å². The average molecular weight is 616 g/mol. The molecule has 4 aromatic rings. The number of nitrogens with one attached hydrogen (secondary N) is 3. The number of phosphoric ester groups is 1. The number of rotatable bonds is 12. The standard InChI is InChI=1S/C26H30N7O7PS/c1-4-27-24(36)33-25-32-19-12-15(11-17(20(19)42-25)18-7-5-6-8-28-18)16-13-30-23(31-14-16)26(2,3)21(22(34)35)29-9-10-40-41(37,38)39/h5-8,11-14,21,29H,4,9-10H2,1-3H3,(H,34,35)(H2,37,38,39)(H2,27,32,33,36). The molecule has 0 aliphatic heterocycles. The molecule has 1 atom stereocenters. The Bertz CT molecular complexity index is 1610. The van der Waals surface area contributed by atoms with Crippen LogP contribution < -0.4 is 16.0 Å². The van der Waals surface area contributed by atoms with Gasteiger partial charge in [0.1, 0.15) is 11.9 Å². The minimum Gasteiger partial charge on any atom is -0.480 e. The maximum absolute atomic E-state index is 12.1. The van der Waals surface area contributed by atoms with Crippen LogP contribution >= 0.6 is 19.2 Å². The Morgan fingerprint density at radius 2 is 1.86 bits per heavy atom. The van der Waals surface area contributed by atoms with Crippen LogP contribution in [-0.4, -0.2) is 72.6 Å². The summed E-state index contributed by atoms with van der Waals surface area (Å²) in [5.41, 5.74) is 2.45. The van der Waals surface area contributed by atoms with E-state index < -0.39 is 25.2 Å². The third-order valence-electron chi connectivity index (χ3n) is 6.23. The number of benzene rings is 1. The molecule has 42 heavy (non-hydrogen) atoms. The highest BCUT2D eigenvalue weighted by Crippen LogP contribution is 2.38. The molecule has 0 fully saturated rings. The molecule has 1 aromatic carbocycles. The minimum absolute atomic E-state index is 0.121. The van der Waals surface area contributed by atoms with Crippen LogP contribution in [0.1, 0.15) is 26.6 Å². The van der Waals surface area contributed by atoms with E-state index in [0.717, 1.165) is 15.8 Å². The highest BCUT2D eigenvalue weighted by atomic mass is 32.1. The number of thiazole rings is 1. The molecule has 0 spiro atoms. The molecule has 1 unspecified atom stereocenters. The quantitative estimate of drug-likeness (QED) is 0.100. The number of nitrogens with zero attached hydrogens (tertiary/aromatic N) is 4. The van der Waals surface area contributed by atoms with Gasteiger partial charge in [-0.05, 0) is 36.8 Å². The lowest BCUT2D eigenvalue weighted by Gasteiger charge is -2.30. The van der Waals surface area contributed by atoms with Crippen LogP contribution in [0.5, 0.6) is 0 Å². The van der Waals surface area contributed by atoms with Crippen LogP contribution in [0.4, 0.5) is 9.93 Å². The number of hydrogen-bond donors (Lipinski definition) is 6. The molecule has 0 bridgehead atoms. The Morgan fingerprint density at radius 1 is 1.12 bits per heavy atom. The molecule has 4 rings (SSSR count). The van der Waals surface area contributed by atoms with Crippen molar-refractivity contribution in [3.63, 3.8) is 0 Å². The number of hydrogen-bond acceptors (Lipinski definition) is 10. The molecule has 6 N–H and O–H groups in total. The van der Waals surface area contributed by atoms with Crippen molar-refractivity contribution in [3.8, 4) is 22.4 Å². The number of fused-ring (bicyclic) bond motifs is 1. The number of carboxylic acids is 1. The van der Waals surface area contributed by atoms with Gasteiger partial charge in [-0.15, -0.1) is 0 Å². The van der Waals surface area contributed by atoms with Gasteiger partial charge in [-0.25, -0.2) is 24.3 Å². The summed E-state index contributed by atoms with van der Waals surface area (Å²) in [6.07, 6.45) is 4.86. The van der Waals surface area contributed by atoms with E-state index in [1.165, 1.54) is 11.3 Å². The monoisotopic (exact) mass is 615 g/mol. The van der Waals surface area contributed by atoms with Crippen molar-refractivity contribution in [3.05, 3.63) is 54.7 Å². The number of urea groups is 1. The fourth-order valence-electron chi connectivity index (χ4n) is 4.23. The molecule has 3 heterocycles. The van der Waals surface area contributed by atoms with Crippen LogP contribution in [0.15, 0.2) is 48.9 Å². The third kappa shape index (κ3) is 7.50. The minimum atomic E-state index is -4.67. The Hall–Kier alpha value is -3.85. The molecular formula is C26H30N7O7PS. The van der Waals surface area contributed by atoms with Gasteiger partial charge in [-0.1, -0.05) is 31.3 Å². The number of carbonyl (C=O) groups excluding carboxylic acids is 1. The lowest BCUT2D eigenvalue weighted by molar-refractivity contribution is -0.141. The van der Waals surface area contributed by atoms with E-state index in [1.54, 1.807) is 32.4 Å². The van der Waals surface area contributed by atoms with Crippen LogP contribution in [0, 0.1) is 0 Å². The van der Waals surface area contributed by atoms with Crippen LogP contribution in [-0.2, 0) is 19.3 Å². The predicted molar refractivity (Wildman–Crippen MR) is 157 cm³/mol. The van der Waals surface area contributed by atoms with Gasteiger partial charge < -0.3 is 25.5 Å². The topological polar surface area (TPSA) is 209 Å². The molecule has 2 amide bonds. The first-order valence-electron chi connectivity index (χ1n) is 12.8. The fraction of sp³-hybridized carbons (Fsp3) is 0.308. The van der Waals surface area contributed by atoms with Crippen LogP contribution in [0.25, 0.3) is 32.6 Å². The second kappa shape index (κ2) is 13.0. The molecule has 222 valence electrons. The molecule has 0 saturated heterocycles. The number of pyridine rings is 1. The molecule has 14 nitrogen and oxygen atoms in total. The van der Waals surface area contributed by atoms with Crippen LogP contribution in [0.2, 0.25) is 0 Å². The number of aliphatic carboxylic acids is 1. The maximum Gasteiger partial charge on any atom is 0.469 e. The molecule has 0 aliphatic rings. The highest BCUT2D eigenvalue weighted by molar-refractivity contribution is 7.46. The zero-order valence-corrected chi connectivity index (χ0v) is 24.6. The zero-order valence-electron chi connectivity index (χ0n) is 22.9. The van der Waals surface area contributed by atoms with E-state index in [1.807, 2.05) is 37.3 Å². The largest absolute Gasteiger partial charge is 0.480 e. The summed E-state index contributed by atoms with van der Waals surface area (Å²) in [4.78, 5) is 59.9. The van der Waals surface area contributed by atoms with Gasteiger partial charge >= 0.3 is 19.8 Å². The average Bonchev–Trinajstić information content (AvgIpc) is 3.34. The van der Waals surface area contributed by atoms with Gasteiger partial charge in [0.2, 0.25) is 0 Å². The number of phosphoric acid groups is 1. The Kier molecular flexibility index (Phi) is 9.61. The van der Waals surface area contributed by atoms with E-state index in [2.05, 4.69) is 40.4 Å². The summed E-state index contributed by atoms with van der Waals surface area (Å²) in [5, 5.41) is 18.4. The Morgan fingerprint density at radius 3 is 2.48 bits per heavy atom. The molecule has 0 saturated carbocycles. The Labute approximate surface area is 244 Å². The molecule has 3 aromatic heterocycles. The summed E-state index contributed by atoms with van der Waals surface area (Å²) in [5.74, 6) is -0.940. The lowest BCUT2D eigenvalue weighted by Crippen LogP contribution is -2.51. The van der Waals surface area contributed by atoms with Crippen molar-refractivity contribution in [2.45, 2.75) is 32.2 Å². The maximum atomic E-state index is 12.1. The second-order valence-electron chi connectivity index (χ2n) is 9.66. The van der Waals surface area contributed by atoms with E-state index in [-0.39, 0.29) is 25.0 Å². The van der Waals surface area contributed by atoms with Crippen molar-refractivity contribution in [1.82, 2.24) is 30.6 Å². The second-order valence-corrected chi connectivity index (χ2v) is 11.9. The summed E-state index contributed by atoms with van der Waals surface area (Å²) in [6.45, 7) is 5.10. The van der Waals surface area contributed by atoms with E-state index in [9.17, 15) is 19.3 Å². The summed E-state index contributed by atoms with van der Waals surface area (Å²) < 4.78 is 16.1. The van der Waals surface area contributed by atoms with Crippen LogP contribution in [0.3, 0.4) is 0 Å². The number of aromatic nitrogens is 4.